The Kier molecular flexibility index (Phi) is 4.34. The maximum Gasteiger partial charge on any atom is 0.271 e. The Balaban J connectivity index is 1.61. The van der Waals surface area contributed by atoms with Gasteiger partial charge in [-0.05, 0) is 56.1 Å². The van der Waals surface area contributed by atoms with Gasteiger partial charge >= 0.3 is 0 Å². The van der Waals surface area contributed by atoms with Crippen molar-refractivity contribution in [2.45, 2.75) is 32.6 Å². The Morgan fingerprint density at radius 2 is 2.24 bits per heavy atom. The molecular formula is C16H22ClN3O. The first-order valence-corrected chi connectivity index (χ1v) is 8.23. The van der Waals surface area contributed by atoms with Crippen LogP contribution in [-0.4, -0.2) is 24.0 Å². The Hall–Kier alpha value is -1.29. The zero-order chi connectivity index (χ0) is 14.8. The summed E-state index contributed by atoms with van der Waals surface area (Å²) in [6.45, 7) is 3.51. The van der Waals surface area contributed by atoms with Gasteiger partial charge in [0, 0.05) is 13.1 Å². The molecule has 2 saturated carbocycles. The topological polar surface area (TPSA) is 54.0 Å². The van der Waals surface area contributed by atoms with Crippen molar-refractivity contribution in [3.63, 3.8) is 0 Å². The summed E-state index contributed by atoms with van der Waals surface area (Å²) < 4.78 is 0. The van der Waals surface area contributed by atoms with E-state index in [4.69, 9.17) is 11.6 Å². The van der Waals surface area contributed by atoms with Gasteiger partial charge < -0.3 is 10.6 Å². The fourth-order valence-electron chi connectivity index (χ4n) is 3.81. The van der Waals surface area contributed by atoms with Gasteiger partial charge in [-0.3, -0.25) is 4.79 Å². The van der Waals surface area contributed by atoms with E-state index in [1.165, 1.54) is 25.7 Å². The number of carbonyl (C=O) groups is 1. The van der Waals surface area contributed by atoms with Crippen LogP contribution in [0.3, 0.4) is 0 Å². The van der Waals surface area contributed by atoms with E-state index in [-0.39, 0.29) is 5.91 Å². The van der Waals surface area contributed by atoms with E-state index in [1.807, 2.05) is 6.92 Å². The lowest BCUT2D eigenvalue weighted by Gasteiger charge is -2.21. The second-order valence-electron chi connectivity index (χ2n) is 6.20. The summed E-state index contributed by atoms with van der Waals surface area (Å²) in [7, 11) is 0. The van der Waals surface area contributed by atoms with Crippen molar-refractivity contribution in [3.8, 4) is 0 Å². The van der Waals surface area contributed by atoms with Crippen LogP contribution in [0.1, 0.15) is 43.1 Å². The number of pyridine rings is 1. The molecular weight excluding hydrogens is 286 g/mol. The number of nitrogens with one attached hydrogen (secondary N) is 2. The number of carbonyl (C=O) groups excluding carboxylic acids is 1. The molecule has 2 N–H and O–H groups in total. The lowest BCUT2D eigenvalue weighted by molar-refractivity contribution is 0.0937. The molecule has 2 aliphatic carbocycles. The first-order chi connectivity index (χ1) is 10.2. The highest BCUT2D eigenvalue weighted by Gasteiger charge is 2.39. The highest BCUT2D eigenvalue weighted by atomic mass is 35.5. The van der Waals surface area contributed by atoms with E-state index in [1.54, 1.807) is 12.1 Å². The third-order valence-electron chi connectivity index (χ3n) is 4.83. The molecule has 1 amide bonds. The molecule has 1 aromatic rings. The van der Waals surface area contributed by atoms with Crippen molar-refractivity contribution in [3.05, 3.63) is 22.8 Å². The number of hydrogen-bond acceptors (Lipinski definition) is 3. The number of halogens is 1. The fraction of sp³-hybridized carbons (Fsp3) is 0.625. The van der Waals surface area contributed by atoms with Crippen LogP contribution in [-0.2, 0) is 0 Å². The van der Waals surface area contributed by atoms with E-state index >= 15 is 0 Å². The summed E-state index contributed by atoms with van der Waals surface area (Å²) in [6, 6.07) is 3.51. The summed E-state index contributed by atoms with van der Waals surface area (Å²) in [4.78, 5) is 16.6. The van der Waals surface area contributed by atoms with Crippen molar-refractivity contribution in [2.75, 3.05) is 18.4 Å². The number of hydrogen-bond donors (Lipinski definition) is 2. The molecule has 3 unspecified atom stereocenters. The quantitative estimate of drug-likeness (QED) is 0.877. The third kappa shape index (κ3) is 3.15. The van der Waals surface area contributed by atoms with Crippen molar-refractivity contribution in [1.29, 1.82) is 0 Å². The fourth-order valence-corrected chi connectivity index (χ4v) is 4.01. The number of anilines is 1. The molecule has 0 aliphatic heterocycles. The van der Waals surface area contributed by atoms with Crippen molar-refractivity contribution in [1.82, 2.24) is 10.3 Å². The van der Waals surface area contributed by atoms with Crippen molar-refractivity contribution in [2.24, 2.45) is 17.8 Å². The minimum absolute atomic E-state index is 0.164. The van der Waals surface area contributed by atoms with Gasteiger partial charge in [-0.2, -0.15) is 0 Å². The van der Waals surface area contributed by atoms with Gasteiger partial charge in [-0.1, -0.05) is 18.0 Å². The van der Waals surface area contributed by atoms with Crippen LogP contribution < -0.4 is 10.6 Å². The summed E-state index contributed by atoms with van der Waals surface area (Å²) in [6.07, 6.45) is 5.34. The molecule has 0 saturated heterocycles. The molecule has 2 aliphatic rings. The maximum absolute atomic E-state index is 12.3. The molecule has 0 radical (unpaired) electrons. The predicted octanol–water partition coefficient (Wildman–Crippen LogP) is 3.33. The van der Waals surface area contributed by atoms with Crippen LogP contribution in [0.25, 0.3) is 0 Å². The van der Waals surface area contributed by atoms with Gasteiger partial charge in [0.1, 0.15) is 11.5 Å². The van der Waals surface area contributed by atoms with Crippen LogP contribution in [0.4, 0.5) is 5.82 Å². The number of aromatic nitrogens is 1. The molecule has 0 aromatic carbocycles. The SMILES string of the molecule is CCNc1ccc(Cl)c(C(=O)NCC2CC3CCC2C3)n1. The van der Waals surface area contributed by atoms with Crippen molar-refractivity contribution >= 4 is 23.3 Å². The van der Waals surface area contributed by atoms with Gasteiger partial charge in [0.25, 0.3) is 5.91 Å². The average molecular weight is 308 g/mol. The summed E-state index contributed by atoms with van der Waals surface area (Å²) in [5.74, 6) is 2.88. The van der Waals surface area contributed by atoms with Crippen LogP contribution >= 0.6 is 11.6 Å². The number of fused-ring (bicyclic) bond motifs is 2. The monoisotopic (exact) mass is 307 g/mol. The number of amides is 1. The predicted molar refractivity (Wildman–Crippen MR) is 84.7 cm³/mol. The second kappa shape index (κ2) is 6.22. The van der Waals surface area contributed by atoms with Crippen LogP contribution in [0.2, 0.25) is 5.02 Å². The average Bonchev–Trinajstić information content (AvgIpc) is 3.09. The minimum Gasteiger partial charge on any atom is -0.370 e. The standard InChI is InChI=1S/C16H22ClN3O/c1-2-18-14-6-5-13(17)15(20-14)16(21)19-9-12-8-10-3-4-11(12)7-10/h5-6,10-12H,2-4,7-9H2,1H3,(H,18,20)(H,19,21). The zero-order valence-corrected chi connectivity index (χ0v) is 13.1. The van der Waals surface area contributed by atoms with Gasteiger partial charge in [0.2, 0.25) is 0 Å². The maximum atomic E-state index is 12.3. The molecule has 3 rings (SSSR count). The first-order valence-electron chi connectivity index (χ1n) is 7.86. The Morgan fingerprint density at radius 1 is 1.38 bits per heavy atom. The molecule has 0 spiro atoms. The van der Waals surface area contributed by atoms with Gasteiger partial charge in [-0.15, -0.1) is 0 Å². The van der Waals surface area contributed by atoms with E-state index < -0.39 is 0 Å². The molecule has 21 heavy (non-hydrogen) atoms. The smallest absolute Gasteiger partial charge is 0.271 e. The van der Waals surface area contributed by atoms with E-state index in [0.717, 1.165) is 24.9 Å². The molecule has 2 fully saturated rings. The Bertz CT molecular complexity index is 534. The van der Waals surface area contributed by atoms with Crippen molar-refractivity contribution < 1.29 is 4.79 Å². The molecule has 114 valence electrons. The zero-order valence-electron chi connectivity index (χ0n) is 12.4. The number of rotatable bonds is 5. The van der Waals surface area contributed by atoms with Crippen LogP contribution in [0, 0.1) is 17.8 Å². The highest BCUT2D eigenvalue weighted by molar-refractivity contribution is 6.33. The molecule has 1 heterocycles. The minimum atomic E-state index is -0.164. The lowest BCUT2D eigenvalue weighted by Crippen LogP contribution is -2.32. The van der Waals surface area contributed by atoms with Gasteiger partial charge in [0.15, 0.2) is 0 Å². The second-order valence-corrected chi connectivity index (χ2v) is 6.61. The Morgan fingerprint density at radius 3 is 2.90 bits per heavy atom. The molecule has 1 aromatic heterocycles. The molecule has 5 heteroatoms. The van der Waals surface area contributed by atoms with E-state index in [9.17, 15) is 4.79 Å². The third-order valence-corrected chi connectivity index (χ3v) is 5.13. The van der Waals surface area contributed by atoms with Crippen LogP contribution in [0.15, 0.2) is 12.1 Å². The van der Waals surface area contributed by atoms with Gasteiger partial charge in [0.05, 0.1) is 5.02 Å². The summed E-state index contributed by atoms with van der Waals surface area (Å²) in [5.41, 5.74) is 0.318. The lowest BCUT2D eigenvalue weighted by atomic mass is 9.89. The largest absolute Gasteiger partial charge is 0.370 e. The van der Waals surface area contributed by atoms with E-state index in [2.05, 4.69) is 15.6 Å². The highest BCUT2D eigenvalue weighted by Crippen LogP contribution is 2.47. The normalized spacial score (nSPS) is 26.9. The number of nitrogens with zero attached hydrogens (tertiary/aromatic N) is 1. The molecule has 4 nitrogen and oxygen atoms in total. The summed E-state index contributed by atoms with van der Waals surface area (Å²) in [5, 5.41) is 6.53. The van der Waals surface area contributed by atoms with E-state index in [0.29, 0.717) is 22.5 Å². The van der Waals surface area contributed by atoms with Gasteiger partial charge in [-0.25, -0.2) is 4.98 Å². The first kappa shape index (κ1) is 14.6. The summed E-state index contributed by atoms with van der Waals surface area (Å²) >= 11 is 6.10. The molecule has 2 bridgehead atoms. The Labute approximate surface area is 130 Å². The van der Waals surface area contributed by atoms with Crippen LogP contribution in [0.5, 0.6) is 0 Å². The molecule has 3 atom stereocenters.